The zero-order chi connectivity index (χ0) is 13.3. The lowest BCUT2D eigenvalue weighted by Crippen LogP contribution is -2.49. The van der Waals surface area contributed by atoms with Gasteiger partial charge in [0.15, 0.2) is 0 Å². The lowest BCUT2D eigenvalue weighted by Gasteiger charge is -2.41. The highest BCUT2D eigenvalue weighted by Crippen LogP contribution is 2.40. The van der Waals surface area contributed by atoms with Gasteiger partial charge in [-0.3, -0.25) is 4.68 Å². The minimum Gasteiger partial charge on any atom is -0.383 e. The number of aromatic nitrogens is 2. The first-order valence-electron chi connectivity index (χ1n) is 6.67. The zero-order valence-corrected chi connectivity index (χ0v) is 12.0. The van der Waals surface area contributed by atoms with Gasteiger partial charge in [-0.1, -0.05) is 18.5 Å². The summed E-state index contributed by atoms with van der Waals surface area (Å²) in [5.41, 5.74) is -0.0785. The van der Waals surface area contributed by atoms with Crippen molar-refractivity contribution in [2.75, 3.05) is 13.1 Å². The van der Waals surface area contributed by atoms with Crippen LogP contribution in [0.3, 0.4) is 0 Å². The highest BCUT2D eigenvalue weighted by Gasteiger charge is 2.43. The fraction of sp³-hybridized carbons (Fsp3) is 0.769. The molecule has 1 fully saturated rings. The highest BCUT2D eigenvalue weighted by molar-refractivity contribution is 6.31. The first kappa shape index (κ1) is 13.8. The predicted molar refractivity (Wildman–Crippen MR) is 72.8 cm³/mol. The lowest BCUT2D eigenvalue weighted by atomic mass is 9.77. The molecule has 0 radical (unpaired) electrons. The largest absolute Gasteiger partial charge is 0.383 e. The van der Waals surface area contributed by atoms with Crippen LogP contribution in [0.15, 0.2) is 6.20 Å². The maximum absolute atomic E-state index is 11.1. The molecule has 0 aromatic carbocycles. The zero-order valence-electron chi connectivity index (χ0n) is 11.3. The van der Waals surface area contributed by atoms with Gasteiger partial charge in [-0.25, -0.2) is 0 Å². The first-order valence-corrected chi connectivity index (χ1v) is 7.05. The summed E-state index contributed by atoms with van der Waals surface area (Å²) in [5.74, 6) is 0.179. The van der Waals surface area contributed by atoms with E-state index in [2.05, 4.69) is 31.2 Å². The number of piperidine rings is 1. The minimum absolute atomic E-state index is 0.179. The van der Waals surface area contributed by atoms with Crippen molar-refractivity contribution in [3.8, 4) is 0 Å². The van der Waals surface area contributed by atoms with E-state index in [1.807, 2.05) is 4.68 Å². The van der Waals surface area contributed by atoms with Crippen LogP contribution in [0.1, 0.15) is 45.3 Å². The Balaban J connectivity index is 2.47. The van der Waals surface area contributed by atoms with Crippen LogP contribution < -0.4 is 5.32 Å². The van der Waals surface area contributed by atoms with Gasteiger partial charge < -0.3 is 10.4 Å². The molecule has 1 aliphatic heterocycles. The molecule has 2 rings (SSSR count). The third kappa shape index (κ3) is 2.17. The van der Waals surface area contributed by atoms with Crippen LogP contribution in [-0.2, 0) is 5.60 Å². The molecule has 102 valence electrons. The molecule has 1 aromatic heterocycles. The Morgan fingerprint density at radius 1 is 1.67 bits per heavy atom. The first-order chi connectivity index (χ1) is 8.50. The smallest absolute Gasteiger partial charge is 0.113 e. The van der Waals surface area contributed by atoms with Crippen LogP contribution in [0.2, 0.25) is 5.02 Å². The third-order valence-electron chi connectivity index (χ3n) is 3.89. The van der Waals surface area contributed by atoms with Crippen LogP contribution in [0, 0.1) is 5.92 Å². The summed E-state index contributed by atoms with van der Waals surface area (Å²) in [5, 5.41) is 19.3. The van der Waals surface area contributed by atoms with E-state index in [0.717, 1.165) is 25.2 Å². The Kier molecular flexibility index (Phi) is 3.99. The van der Waals surface area contributed by atoms with Crippen LogP contribution >= 0.6 is 11.6 Å². The van der Waals surface area contributed by atoms with E-state index in [4.69, 9.17) is 11.6 Å². The van der Waals surface area contributed by atoms with Crippen LogP contribution in [-0.4, -0.2) is 28.0 Å². The van der Waals surface area contributed by atoms with Crippen molar-refractivity contribution >= 4 is 11.6 Å². The maximum Gasteiger partial charge on any atom is 0.113 e. The molecular formula is C13H22ClN3O. The van der Waals surface area contributed by atoms with Gasteiger partial charge in [0, 0.05) is 18.5 Å². The molecular weight excluding hydrogens is 250 g/mol. The van der Waals surface area contributed by atoms with Gasteiger partial charge >= 0.3 is 0 Å². The van der Waals surface area contributed by atoms with E-state index < -0.39 is 5.60 Å². The number of hydrogen-bond donors (Lipinski definition) is 2. The van der Waals surface area contributed by atoms with Gasteiger partial charge in [0.1, 0.15) is 5.60 Å². The van der Waals surface area contributed by atoms with Gasteiger partial charge in [0.05, 0.1) is 16.9 Å². The van der Waals surface area contributed by atoms with Crippen molar-refractivity contribution in [2.45, 2.75) is 45.3 Å². The van der Waals surface area contributed by atoms with Gasteiger partial charge in [-0.05, 0) is 33.2 Å². The molecule has 4 nitrogen and oxygen atoms in total. The molecule has 1 aromatic rings. The van der Waals surface area contributed by atoms with E-state index in [0.29, 0.717) is 11.4 Å². The molecule has 2 heterocycles. The highest BCUT2D eigenvalue weighted by atomic mass is 35.5. The molecule has 2 atom stereocenters. The number of nitrogens with zero attached hydrogens (tertiary/aromatic N) is 2. The van der Waals surface area contributed by atoms with Gasteiger partial charge in [-0.15, -0.1) is 0 Å². The summed E-state index contributed by atoms with van der Waals surface area (Å²) < 4.78 is 1.86. The molecule has 0 saturated carbocycles. The van der Waals surface area contributed by atoms with Crippen LogP contribution in [0.4, 0.5) is 0 Å². The average molecular weight is 272 g/mol. The monoisotopic (exact) mass is 271 g/mol. The predicted octanol–water partition coefficient (Wildman–Crippen LogP) is 2.32. The summed E-state index contributed by atoms with van der Waals surface area (Å²) in [6.45, 7) is 7.85. The van der Waals surface area contributed by atoms with Gasteiger partial charge in [0.2, 0.25) is 0 Å². The molecule has 0 aliphatic carbocycles. The minimum atomic E-state index is -0.863. The molecule has 2 unspecified atom stereocenters. The Hall–Kier alpha value is -0.580. The summed E-state index contributed by atoms with van der Waals surface area (Å²) >= 11 is 6.27. The van der Waals surface area contributed by atoms with E-state index >= 15 is 0 Å². The van der Waals surface area contributed by atoms with E-state index in [1.165, 1.54) is 0 Å². The molecule has 2 N–H and O–H groups in total. The Bertz CT molecular complexity index is 418. The molecule has 5 heteroatoms. The van der Waals surface area contributed by atoms with E-state index in [9.17, 15) is 5.11 Å². The van der Waals surface area contributed by atoms with Crippen molar-refractivity contribution in [3.63, 3.8) is 0 Å². The number of hydrogen-bond acceptors (Lipinski definition) is 3. The molecule has 1 aliphatic rings. The van der Waals surface area contributed by atoms with Gasteiger partial charge in [0.25, 0.3) is 0 Å². The number of nitrogens with one attached hydrogen (secondary N) is 1. The number of aliphatic hydroxyl groups is 1. The van der Waals surface area contributed by atoms with Crippen LogP contribution in [0.25, 0.3) is 0 Å². The van der Waals surface area contributed by atoms with Gasteiger partial charge in [-0.2, -0.15) is 5.10 Å². The fourth-order valence-electron chi connectivity index (χ4n) is 2.86. The second-order valence-electron chi connectivity index (χ2n) is 5.36. The molecule has 0 bridgehead atoms. The number of halogens is 1. The molecule has 18 heavy (non-hydrogen) atoms. The second kappa shape index (κ2) is 5.19. The summed E-state index contributed by atoms with van der Waals surface area (Å²) in [6.07, 6.45) is 3.25. The topological polar surface area (TPSA) is 50.1 Å². The summed E-state index contributed by atoms with van der Waals surface area (Å²) in [6, 6.07) is 0.198. The quantitative estimate of drug-likeness (QED) is 0.887. The van der Waals surface area contributed by atoms with Crippen molar-refractivity contribution in [3.05, 3.63) is 16.9 Å². The van der Waals surface area contributed by atoms with E-state index in [1.54, 1.807) is 6.20 Å². The number of rotatable bonds is 3. The molecule has 0 amide bonds. The summed E-state index contributed by atoms with van der Waals surface area (Å²) in [7, 11) is 0. The SMILES string of the molecule is CCC1CNCCC1(O)c1c(Cl)cnn1C(C)C. The Labute approximate surface area is 113 Å². The maximum atomic E-state index is 11.1. The van der Waals surface area contributed by atoms with Crippen molar-refractivity contribution in [1.29, 1.82) is 0 Å². The Morgan fingerprint density at radius 3 is 3.00 bits per heavy atom. The average Bonchev–Trinajstić information content (AvgIpc) is 2.72. The third-order valence-corrected chi connectivity index (χ3v) is 4.17. The Morgan fingerprint density at radius 2 is 2.39 bits per heavy atom. The van der Waals surface area contributed by atoms with Crippen molar-refractivity contribution in [2.24, 2.45) is 5.92 Å². The fourth-order valence-corrected chi connectivity index (χ4v) is 3.15. The second-order valence-corrected chi connectivity index (χ2v) is 5.77. The van der Waals surface area contributed by atoms with Crippen LogP contribution in [0.5, 0.6) is 0 Å². The molecule has 1 saturated heterocycles. The van der Waals surface area contributed by atoms with E-state index in [-0.39, 0.29) is 12.0 Å². The lowest BCUT2D eigenvalue weighted by molar-refractivity contribution is -0.0555. The molecule has 0 spiro atoms. The normalized spacial score (nSPS) is 28.9. The summed E-state index contributed by atoms with van der Waals surface area (Å²) in [4.78, 5) is 0. The van der Waals surface area contributed by atoms with Crippen molar-refractivity contribution in [1.82, 2.24) is 15.1 Å². The van der Waals surface area contributed by atoms with Crippen molar-refractivity contribution < 1.29 is 5.11 Å². The standard InChI is InChI=1S/C13H22ClN3O/c1-4-10-7-15-6-5-13(10,18)12-11(14)8-16-17(12)9(2)3/h8-10,15,18H,4-7H2,1-3H3.